The van der Waals surface area contributed by atoms with E-state index >= 15 is 0 Å². The number of hydrogen-bond acceptors (Lipinski definition) is 6. The van der Waals surface area contributed by atoms with E-state index < -0.39 is 0 Å². The van der Waals surface area contributed by atoms with Crippen LogP contribution < -0.4 is 0 Å². The van der Waals surface area contributed by atoms with Crippen molar-refractivity contribution in [1.82, 2.24) is 19.8 Å². The maximum atomic E-state index is 12.3. The minimum atomic E-state index is 0.0176. The molecule has 0 N–H and O–H groups in total. The largest absolute Gasteiger partial charge is 0.326 e. The average molecular weight is 401 g/mol. The van der Waals surface area contributed by atoms with E-state index in [1.54, 1.807) is 35.9 Å². The van der Waals surface area contributed by atoms with Crippen LogP contribution in [0.15, 0.2) is 49.1 Å². The molecule has 2 aromatic heterocycles. The predicted molar refractivity (Wildman–Crippen MR) is 107 cm³/mol. The molecule has 2 saturated heterocycles. The lowest BCUT2D eigenvalue weighted by atomic mass is 10.2. The van der Waals surface area contributed by atoms with Gasteiger partial charge < -0.3 is 9.80 Å². The summed E-state index contributed by atoms with van der Waals surface area (Å²) in [5.41, 5.74) is 2.10. The van der Waals surface area contributed by atoms with Gasteiger partial charge in [0.2, 0.25) is 11.8 Å². The van der Waals surface area contributed by atoms with Crippen LogP contribution in [0.3, 0.4) is 0 Å². The van der Waals surface area contributed by atoms with Crippen molar-refractivity contribution in [1.29, 1.82) is 0 Å². The van der Waals surface area contributed by atoms with Crippen molar-refractivity contribution in [3.05, 3.63) is 60.2 Å². The molecule has 6 nitrogen and oxygen atoms in total. The van der Waals surface area contributed by atoms with Crippen molar-refractivity contribution in [2.75, 3.05) is 24.6 Å². The topological polar surface area (TPSA) is 66.4 Å². The maximum absolute atomic E-state index is 12.3. The second-order valence-corrected chi connectivity index (χ2v) is 8.56. The standard InChI is InChI=1S/C19H20N4O2S2/c24-16-12-26-18(14-4-1-6-20-10-14)22(16)8-3-9-23-17(25)13-27-19(23)15-5-2-7-21-11-15/h1-2,4-7,10-11,18-19H,3,8-9,12-13H2/t18-,19-/m0/s1. The Morgan fingerprint density at radius 3 is 1.74 bits per heavy atom. The molecule has 4 heterocycles. The molecule has 2 aromatic rings. The Morgan fingerprint density at radius 1 is 0.852 bits per heavy atom. The van der Waals surface area contributed by atoms with Gasteiger partial charge >= 0.3 is 0 Å². The third kappa shape index (κ3) is 3.96. The molecule has 0 saturated carbocycles. The monoisotopic (exact) mass is 400 g/mol. The Labute approximate surface area is 166 Å². The van der Waals surface area contributed by atoms with Gasteiger partial charge in [-0.3, -0.25) is 19.6 Å². The van der Waals surface area contributed by atoms with Crippen molar-refractivity contribution in [3.8, 4) is 0 Å². The number of carbonyl (C=O) groups is 2. The fourth-order valence-electron chi connectivity index (χ4n) is 3.40. The summed E-state index contributed by atoms with van der Waals surface area (Å²) in [6.07, 6.45) is 7.88. The molecule has 140 valence electrons. The number of aromatic nitrogens is 2. The van der Waals surface area contributed by atoms with Gasteiger partial charge in [0.05, 0.1) is 11.5 Å². The molecule has 2 amide bonds. The molecule has 0 bridgehead atoms. The van der Waals surface area contributed by atoms with Gasteiger partial charge in [-0.25, -0.2) is 0 Å². The molecule has 0 aliphatic carbocycles. The minimum Gasteiger partial charge on any atom is -0.326 e. The number of pyridine rings is 2. The second-order valence-electron chi connectivity index (χ2n) is 6.43. The van der Waals surface area contributed by atoms with Crippen LogP contribution >= 0.6 is 23.5 Å². The SMILES string of the molecule is O=C1CS[C@@H](c2cccnc2)N1CCCN1C(=O)CS[C@H]1c1cccnc1. The first-order valence-electron chi connectivity index (χ1n) is 8.86. The van der Waals surface area contributed by atoms with Gasteiger partial charge in [0.15, 0.2) is 0 Å². The fraction of sp³-hybridized carbons (Fsp3) is 0.368. The molecule has 2 aliphatic rings. The minimum absolute atomic E-state index is 0.0176. The van der Waals surface area contributed by atoms with Gasteiger partial charge in [-0.05, 0) is 18.6 Å². The summed E-state index contributed by atoms with van der Waals surface area (Å²) in [7, 11) is 0. The van der Waals surface area contributed by atoms with E-state index in [0.29, 0.717) is 24.6 Å². The van der Waals surface area contributed by atoms with Crippen molar-refractivity contribution in [2.45, 2.75) is 17.2 Å². The molecular weight excluding hydrogens is 380 g/mol. The van der Waals surface area contributed by atoms with Crippen molar-refractivity contribution in [3.63, 3.8) is 0 Å². The van der Waals surface area contributed by atoms with Crippen LogP contribution in [0.4, 0.5) is 0 Å². The first-order valence-corrected chi connectivity index (χ1v) is 11.0. The van der Waals surface area contributed by atoms with Gasteiger partial charge in [0, 0.05) is 49.0 Å². The summed E-state index contributed by atoms with van der Waals surface area (Å²) in [6, 6.07) is 7.82. The first-order chi connectivity index (χ1) is 13.2. The Kier molecular flexibility index (Phi) is 5.63. The molecular formula is C19H20N4O2S2. The van der Waals surface area contributed by atoms with Crippen LogP contribution in [-0.2, 0) is 9.59 Å². The van der Waals surface area contributed by atoms with E-state index in [1.807, 2.05) is 46.5 Å². The Morgan fingerprint density at radius 2 is 1.33 bits per heavy atom. The Hall–Kier alpha value is -2.06. The quantitative estimate of drug-likeness (QED) is 0.743. The normalized spacial score (nSPS) is 22.7. The highest BCUT2D eigenvalue weighted by Gasteiger charge is 2.35. The summed E-state index contributed by atoms with van der Waals surface area (Å²) in [5.74, 6) is 1.30. The van der Waals surface area contributed by atoms with Crippen LogP contribution in [0.5, 0.6) is 0 Å². The van der Waals surface area contributed by atoms with Crippen molar-refractivity contribution in [2.24, 2.45) is 0 Å². The molecule has 0 spiro atoms. The van der Waals surface area contributed by atoms with E-state index in [9.17, 15) is 9.59 Å². The van der Waals surface area contributed by atoms with Crippen molar-refractivity contribution < 1.29 is 9.59 Å². The zero-order chi connectivity index (χ0) is 18.6. The van der Waals surface area contributed by atoms with E-state index in [0.717, 1.165) is 17.5 Å². The highest BCUT2D eigenvalue weighted by Crippen LogP contribution is 2.40. The number of rotatable bonds is 6. The van der Waals surface area contributed by atoms with Crippen LogP contribution in [0.1, 0.15) is 28.3 Å². The Bertz CT molecular complexity index is 738. The van der Waals surface area contributed by atoms with Crippen LogP contribution in [0, 0.1) is 0 Å². The predicted octanol–water partition coefficient (Wildman–Crippen LogP) is 2.71. The highest BCUT2D eigenvalue weighted by atomic mass is 32.2. The number of thioether (sulfide) groups is 2. The lowest BCUT2D eigenvalue weighted by Crippen LogP contribution is -2.34. The third-order valence-electron chi connectivity index (χ3n) is 4.67. The third-order valence-corrected chi connectivity index (χ3v) is 7.19. The summed E-state index contributed by atoms with van der Waals surface area (Å²) < 4.78 is 0. The van der Waals surface area contributed by atoms with Gasteiger partial charge in [-0.15, -0.1) is 23.5 Å². The lowest BCUT2D eigenvalue weighted by molar-refractivity contribution is -0.128. The zero-order valence-corrected chi connectivity index (χ0v) is 16.4. The number of amides is 2. The number of hydrogen-bond donors (Lipinski definition) is 0. The molecule has 0 radical (unpaired) electrons. The smallest absolute Gasteiger partial charge is 0.233 e. The van der Waals surface area contributed by atoms with E-state index in [1.165, 1.54) is 0 Å². The van der Waals surface area contributed by atoms with E-state index in [4.69, 9.17) is 0 Å². The zero-order valence-electron chi connectivity index (χ0n) is 14.7. The van der Waals surface area contributed by atoms with Gasteiger partial charge in [-0.2, -0.15) is 0 Å². The summed E-state index contributed by atoms with van der Waals surface area (Å²) >= 11 is 3.27. The molecule has 0 aromatic carbocycles. The van der Waals surface area contributed by atoms with E-state index in [-0.39, 0.29) is 22.6 Å². The van der Waals surface area contributed by atoms with Gasteiger partial charge in [-0.1, -0.05) is 12.1 Å². The molecule has 27 heavy (non-hydrogen) atoms. The fourth-order valence-corrected chi connectivity index (χ4v) is 5.80. The first kappa shape index (κ1) is 18.3. The molecule has 2 aliphatic heterocycles. The van der Waals surface area contributed by atoms with Crippen LogP contribution in [0.2, 0.25) is 0 Å². The average Bonchev–Trinajstić information content (AvgIpc) is 3.26. The number of nitrogens with zero attached hydrogens (tertiary/aromatic N) is 4. The lowest BCUT2D eigenvalue weighted by Gasteiger charge is -2.27. The molecule has 4 rings (SSSR count). The highest BCUT2D eigenvalue weighted by molar-refractivity contribution is 8.00. The van der Waals surface area contributed by atoms with Crippen molar-refractivity contribution >= 4 is 35.3 Å². The van der Waals surface area contributed by atoms with Crippen LogP contribution in [-0.4, -0.2) is 56.2 Å². The summed E-state index contributed by atoms with van der Waals surface area (Å²) in [6.45, 7) is 1.28. The molecule has 2 fully saturated rings. The van der Waals surface area contributed by atoms with Gasteiger partial charge in [0.1, 0.15) is 10.7 Å². The van der Waals surface area contributed by atoms with Crippen LogP contribution in [0.25, 0.3) is 0 Å². The number of carbonyl (C=O) groups excluding carboxylic acids is 2. The van der Waals surface area contributed by atoms with Gasteiger partial charge in [0.25, 0.3) is 0 Å². The molecule has 0 unspecified atom stereocenters. The van der Waals surface area contributed by atoms with E-state index in [2.05, 4.69) is 9.97 Å². The summed E-state index contributed by atoms with van der Waals surface area (Å²) in [4.78, 5) is 36.8. The molecule has 8 heteroatoms. The maximum Gasteiger partial charge on any atom is 0.233 e. The molecule has 2 atom stereocenters. The second kappa shape index (κ2) is 8.31. The Balaban J connectivity index is 1.39. The summed E-state index contributed by atoms with van der Waals surface area (Å²) in [5, 5.41) is 0.0351.